The molecule has 4 aromatic rings. The number of amides is 2. The highest BCUT2D eigenvalue weighted by Gasteiger charge is 2.15. The van der Waals surface area contributed by atoms with Crippen molar-refractivity contribution < 1.29 is 18.7 Å². The molecule has 0 aliphatic heterocycles. The SMILES string of the molecule is CCn1c(=O)c(C)nc2cc(C(=O)Nc3ccc(OC)c(NC(=O)c4cccc(F)c4)c3)ccc21. The minimum absolute atomic E-state index is 0.144. The third-order valence-electron chi connectivity index (χ3n) is 5.48. The van der Waals surface area contributed by atoms with Gasteiger partial charge >= 0.3 is 0 Å². The van der Waals surface area contributed by atoms with E-state index in [1.54, 1.807) is 47.9 Å². The number of methoxy groups -OCH3 is 1. The van der Waals surface area contributed by atoms with Crippen molar-refractivity contribution in [3.63, 3.8) is 0 Å². The number of carbonyl (C=O) groups is 2. The molecule has 0 unspecified atom stereocenters. The van der Waals surface area contributed by atoms with Crippen molar-refractivity contribution in [3.05, 3.63) is 93.7 Å². The third kappa shape index (κ3) is 4.89. The van der Waals surface area contributed by atoms with Gasteiger partial charge < -0.3 is 19.9 Å². The molecule has 178 valence electrons. The highest BCUT2D eigenvalue weighted by molar-refractivity contribution is 6.08. The van der Waals surface area contributed by atoms with Crippen LogP contribution >= 0.6 is 0 Å². The molecular formula is C26H23FN4O4. The van der Waals surface area contributed by atoms with Crippen LogP contribution in [-0.4, -0.2) is 28.5 Å². The molecule has 0 aliphatic carbocycles. The van der Waals surface area contributed by atoms with Crippen LogP contribution in [0.15, 0.2) is 65.5 Å². The van der Waals surface area contributed by atoms with E-state index >= 15 is 0 Å². The number of benzene rings is 3. The fraction of sp³-hybridized carbons (Fsp3) is 0.154. The zero-order valence-electron chi connectivity index (χ0n) is 19.4. The molecule has 0 atom stereocenters. The summed E-state index contributed by atoms with van der Waals surface area (Å²) in [5.41, 5.74) is 2.59. The van der Waals surface area contributed by atoms with Gasteiger partial charge in [-0.2, -0.15) is 0 Å². The fourth-order valence-corrected chi connectivity index (χ4v) is 3.74. The molecule has 4 rings (SSSR count). The highest BCUT2D eigenvalue weighted by Crippen LogP contribution is 2.29. The second kappa shape index (κ2) is 9.76. The molecule has 1 aromatic heterocycles. The summed E-state index contributed by atoms with van der Waals surface area (Å²) in [6, 6.07) is 15.0. The summed E-state index contributed by atoms with van der Waals surface area (Å²) >= 11 is 0. The first-order valence-corrected chi connectivity index (χ1v) is 10.9. The van der Waals surface area contributed by atoms with E-state index in [0.29, 0.717) is 46.0 Å². The second-order valence-corrected chi connectivity index (χ2v) is 7.78. The minimum Gasteiger partial charge on any atom is -0.495 e. The molecule has 0 saturated heterocycles. The van der Waals surface area contributed by atoms with Crippen LogP contribution in [0.25, 0.3) is 11.0 Å². The molecule has 8 nitrogen and oxygen atoms in total. The first kappa shape index (κ1) is 23.6. The number of rotatable bonds is 6. The number of nitrogens with zero attached hydrogens (tertiary/aromatic N) is 2. The zero-order chi connectivity index (χ0) is 25.1. The lowest BCUT2D eigenvalue weighted by atomic mass is 10.1. The van der Waals surface area contributed by atoms with Crippen molar-refractivity contribution in [2.75, 3.05) is 17.7 Å². The van der Waals surface area contributed by atoms with Crippen LogP contribution < -0.4 is 20.9 Å². The summed E-state index contributed by atoms with van der Waals surface area (Å²) in [5, 5.41) is 5.47. The first-order valence-electron chi connectivity index (χ1n) is 10.9. The highest BCUT2D eigenvalue weighted by atomic mass is 19.1. The molecule has 0 spiro atoms. The summed E-state index contributed by atoms with van der Waals surface area (Å²) in [5.74, 6) is -1.07. The van der Waals surface area contributed by atoms with E-state index in [-0.39, 0.29) is 11.1 Å². The molecule has 2 N–H and O–H groups in total. The van der Waals surface area contributed by atoms with Crippen LogP contribution in [0.2, 0.25) is 0 Å². The largest absolute Gasteiger partial charge is 0.495 e. The number of carbonyl (C=O) groups excluding carboxylic acids is 2. The second-order valence-electron chi connectivity index (χ2n) is 7.78. The van der Waals surface area contributed by atoms with Gasteiger partial charge in [-0.15, -0.1) is 0 Å². The van der Waals surface area contributed by atoms with Gasteiger partial charge in [0.15, 0.2) is 0 Å². The van der Waals surface area contributed by atoms with Crippen LogP contribution in [0.1, 0.15) is 33.3 Å². The lowest BCUT2D eigenvalue weighted by molar-refractivity contribution is 0.101. The maximum absolute atomic E-state index is 13.5. The number of aryl methyl sites for hydroxylation is 2. The van der Waals surface area contributed by atoms with Gasteiger partial charge in [-0.25, -0.2) is 9.37 Å². The molecule has 1 heterocycles. The van der Waals surface area contributed by atoms with Crippen LogP contribution in [0.5, 0.6) is 5.75 Å². The summed E-state index contributed by atoms with van der Waals surface area (Å²) < 4.78 is 20.4. The number of aromatic nitrogens is 2. The van der Waals surface area contributed by atoms with Gasteiger partial charge in [0, 0.05) is 23.4 Å². The minimum atomic E-state index is -0.526. The molecule has 35 heavy (non-hydrogen) atoms. The van der Waals surface area contributed by atoms with Crippen molar-refractivity contribution in [2.45, 2.75) is 20.4 Å². The van der Waals surface area contributed by atoms with Crippen molar-refractivity contribution in [1.29, 1.82) is 0 Å². The van der Waals surface area contributed by atoms with Crippen molar-refractivity contribution in [3.8, 4) is 5.75 Å². The number of anilines is 2. The number of halogens is 1. The Morgan fingerprint density at radius 1 is 1.00 bits per heavy atom. The average Bonchev–Trinajstić information content (AvgIpc) is 2.84. The average molecular weight is 474 g/mol. The summed E-state index contributed by atoms with van der Waals surface area (Å²) in [6.45, 7) is 3.99. The smallest absolute Gasteiger partial charge is 0.272 e. The molecule has 0 aliphatic rings. The van der Waals surface area contributed by atoms with Gasteiger partial charge in [0.1, 0.15) is 17.3 Å². The van der Waals surface area contributed by atoms with Gasteiger partial charge in [0.25, 0.3) is 17.4 Å². The maximum Gasteiger partial charge on any atom is 0.272 e. The van der Waals surface area contributed by atoms with Crippen LogP contribution in [0.3, 0.4) is 0 Å². The number of hydrogen-bond acceptors (Lipinski definition) is 5. The molecule has 0 saturated carbocycles. The molecular weight excluding hydrogens is 451 g/mol. The molecule has 3 aromatic carbocycles. The number of hydrogen-bond donors (Lipinski definition) is 2. The normalized spacial score (nSPS) is 10.7. The summed E-state index contributed by atoms with van der Waals surface area (Å²) in [7, 11) is 1.45. The number of fused-ring (bicyclic) bond motifs is 1. The quantitative estimate of drug-likeness (QED) is 0.432. The molecule has 9 heteroatoms. The lowest BCUT2D eigenvalue weighted by Crippen LogP contribution is -2.23. The van der Waals surface area contributed by atoms with Crippen molar-refractivity contribution in [2.24, 2.45) is 0 Å². The van der Waals surface area contributed by atoms with Gasteiger partial charge in [-0.1, -0.05) is 6.07 Å². The molecule has 0 bridgehead atoms. The van der Waals surface area contributed by atoms with Gasteiger partial charge in [0.2, 0.25) is 0 Å². The van der Waals surface area contributed by atoms with E-state index in [0.717, 1.165) is 6.07 Å². The van der Waals surface area contributed by atoms with E-state index in [2.05, 4.69) is 15.6 Å². The van der Waals surface area contributed by atoms with Crippen molar-refractivity contribution >= 4 is 34.2 Å². The van der Waals surface area contributed by atoms with E-state index in [4.69, 9.17) is 4.74 Å². The van der Waals surface area contributed by atoms with Crippen molar-refractivity contribution in [1.82, 2.24) is 9.55 Å². The van der Waals surface area contributed by atoms with E-state index in [9.17, 15) is 18.8 Å². The summed E-state index contributed by atoms with van der Waals surface area (Å²) in [4.78, 5) is 42.1. The number of ether oxygens (including phenoxy) is 1. The molecule has 2 amide bonds. The Hall–Kier alpha value is -4.53. The Labute approximate surface area is 200 Å². The monoisotopic (exact) mass is 474 g/mol. The number of nitrogens with one attached hydrogen (secondary N) is 2. The van der Waals surface area contributed by atoms with Gasteiger partial charge in [0.05, 0.1) is 23.8 Å². The maximum atomic E-state index is 13.5. The Morgan fingerprint density at radius 3 is 2.46 bits per heavy atom. The Balaban J connectivity index is 1.60. The Bertz CT molecular complexity index is 1510. The Morgan fingerprint density at radius 2 is 1.74 bits per heavy atom. The van der Waals surface area contributed by atoms with Crippen LogP contribution in [-0.2, 0) is 6.54 Å². The Kier molecular flexibility index (Phi) is 6.59. The lowest BCUT2D eigenvalue weighted by Gasteiger charge is -2.13. The van der Waals surface area contributed by atoms with Crippen LogP contribution in [0, 0.1) is 12.7 Å². The van der Waals surface area contributed by atoms with Gasteiger partial charge in [-0.3, -0.25) is 14.4 Å². The van der Waals surface area contributed by atoms with E-state index < -0.39 is 17.6 Å². The fourth-order valence-electron chi connectivity index (χ4n) is 3.74. The van der Waals surface area contributed by atoms with Crippen LogP contribution in [0.4, 0.5) is 15.8 Å². The van der Waals surface area contributed by atoms with E-state index in [1.807, 2.05) is 6.92 Å². The molecule has 0 radical (unpaired) electrons. The summed E-state index contributed by atoms with van der Waals surface area (Å²) in [6.07, 6.45) is 0. The first-order chi connectivity index (χ1) is 16.8. The predicted octanol–water partition coefficient (Wildman–Crippen LogP) is 4.38. The standard InChI is InChI=1S/C26H23FN4O4/c1-4-31-22-10-8-17(13-20(22)28-15(2)26(31)34)24(32)29-19-9-11-23(35-3)21(14-19)30-25(33)16-6-5-7-18(27)12-16/h5-14H,4H2,1-3H3,(H,29,32)(H,30,33). The predicted molar refractivity (Wildman–Crippen MR) is 132 cm³/mol. The molecule has 0 fully saturated rings. The van der Waals surface area contributed by atoms with E-state index in [1.165, 1.54) is 25.3 Å². The zero-order valence-corrected chi connectivity index (χ0v) is 19.4. The topological polar surface area (TPSA) is 102 Å². The van der Waals surface area contributed by atoms with Gasteiger partial charge in [-0.05, 0) is 68.4 Å². The third-order valence-corrected chi connectivity index (χ3v) is 5.48.